The van der Waals surface area contributed by atoms with Crippen LogP contribution in [-0.4, -0.2) is 90.8 Å². The number of hydrogen-bond acceptors (Lipinski definition) is 5. The predicted octanol–water partition coefficient (Wildman–Crippen LogP) is 1.13. The Morgan fingerprint density at radius 2 is 1.72 bits per heavy atom. The van der Waals surface area contributed by atoms with Crippen LogP contribution in [0, 0.1) is 0 Å². The minimum atomic E-state index is -0.789. The number of likely N-dealkylation sites (N-methyl/N-ethyl adjacent to an activating group) is 1. The van der Waals surface area contributed by atoms with Crippen molar-refractivity contribution >= 4 is 34.2 Å². The van der Waals surface area contributed by atoms with Crippen LogP contribution in [0.5, 0.6) is 0 Å². The Balaban J connectivity index is 1.40. The molecule has 170 valence electrons. The minimum Gasteiger partial charge on any atom is -0.353 e. The number of anilines is 1. The summed E-state index contributed by atoms with van der Waals surface area (Å²) < 4.78 is 0. The molecule has 0 spiro atoms. The van der Waals surface area contributed by atoms with Gasteiger partial charge in [-0.2, -0.15) is 0 Å². The lowest BCUT2D eigenvalue weighted by molar-refractivity contribution is -0.145. The summed E-state index contributed by atoms with van der Waals surface area (Å²) in [6, 6.07) is 12.7. The first-order valence-electron chi connectivity index (χ1n) is 11.3. The third-order valence-corrected chi connectivity index (χ3v) is 6.36. The number of amides is 3. The number of piperazine rings is 2. The molecule has 2 aliphatic heterocycles. The lowest BCUT2D eigenvalue weighted by Gasteiger charge is -2.38. The molecule has 0 aliphatic carbocycles. The smallest absolute Gasteiger partial charge is 0.243 e. The molecule has 4 rings (SSSR count). The van der Waals surface area contributed by atoms with E-state index in [1.54, 1.807) is 4.90 Å². The lowest BCUT2D eigenvalue weighted by atomic mass is 10.1. The normalized spacial score (nSPS) is 20.2. The van der Waals surface area contributed by atoms with Crippen molar-refractivity contribution < 1.29 is 14.4 Å². The molecule has 2 aromatic carbocycles. The Labute approximate surface area is 188 Å². The first-order chi connectivity index (χ1) is 15.5. The van der Waals surface area contributed by atoms with Gasteiger partial charge in [0.1, 0.15) is 6.04 Å². The highest BCUT2D eigenvalue weighted by atomic mass is 16.2. The fourth-order valence-corrected chi connectivity index (χ4v) is 4.47. The number of carbonyl (C=O) groups is 3. The van der Waals surface area contributed by atoms with Gasteiger partial charge in [0.05, 0.1) is 13.0 Å². The maximum Gasteiger partial charge on any atom is 0.243 e. The van der Waals surface area contributed by atoms with Crippen LogP contribution in [0.2, 0.25) is 0 Å². The highest BCUT2D eigenvalue weighted by molar-refractivity contribution is 6.04. The van der Waals surface area contributed by atoms with E-state index in [1.807, 2.05) is 42.5 Å². The number of nitrogens with one attached hydrogen (secondary N) is 2. The van der Waals surface area contributed by atoms with Crippen LogP contribution in [0.15, 0.2) is 42.5 Å². The van der Waals surface area contributed by atoms with Gasteiger partial charge in [0, 0.05) is 50.3 Å². The summed E-state index contributed by atoms with van der Waals surface area (Å²) in [7, 11) is 0. The van der Waals surface area contributed by atoms with Crippen LogP contribution < -0.4 is 10.6 Å². The van der Waals surface area contributed by atoms with Gasteiger partial charge in [0.15, 0.2) is 0 Å². The van der Waals surface area contributed by atoms with Crippen LogP contribution in [-0.2, 0) is 14.4 Å². The standard InChI is InChI=1S/C24H31N5O3/c1-2-27-12-14-28(15-13-27)17-23(31)29-11-10-25-24(32)21(29)16-22(30)26-20-9-5-7-18-6-3-4-8-19(18)20/h3-9,21H,2,10-17H2,1H3,(H,25,32)(H,26,30)/t21-/m1/s1. The summed E-state index contributed by atoms with van der Waals surface area (Å²) in [5.41, 5.74) is 0.705. The fourth-order valence-electron chi connectivity index (χ4n) is 4.47. The fraction of sp³-hybridized carbons (Fsp3) is 0.458. The maximum atomic E-state index is 13.0. The molecule has 0 unspecified atom stereocenters. The third kappa shape index (κ3) is 5.08. The number of hydrogen-bond donors (Lipinski definition) is 2. The van der Waals surface area contributed by atoms with Gasteiger partial charge in [-0.15, -0.1) is 0 Å². The number of fused-ring (bicyclic) bond motifs is 1. The van der Waals surface area contributed by atoms with Crippen molar-refractivity contribution in [1.29, 1.82) is 0 Å². The van der Waals surface area contributed by atoms with Crippen molar-refractivity contribution in [3.63, 3.8) is 0 Å². The molecule has 8 nitrogen and oxygen atoms in total. The Morgan fingerprint density at radius 1 is 1.00 bits per heavy atom. The van der Waals surface area contributed by atoms with E-state index in [0.717, 1.165) is 43.5 Å². The molecule has 0 saturated carbocycles. The summed E-state index contributed by atoms with van der Waals surface area (Å²) in [4.78, 5) is 44.5. The topological polar surface area (TPSA) is 85.0 Å². The van der Waals surface area contributed by atoms with E-state index in [2.05, 4.69) is 27.4 Å². The average Bonchev–Trinajstić information content (AvgIpc) is 2.81. The van der Waals surface area contributed by atoms with Gasteiger partial charge in [-0.05, 0) is 18.0 Å². The largest absolute Gasteiger partial charge is 0.353 e. The Hall–Kier alpha value is -2.97. The molecule has 2 aliphatic rings. The maximum absolute atomic E-state index is 13.0. The molecule has 2 fully saturated rings. The van der Waals surface area contributed by atoms with Gasteiger partial charge in [-0.25, -0.2) is 0 Å². The van der Waals surface area contributed by atoms with Crippen molar-refractivity contribution in [2.24, 2.45) is 0 Å². The quantitative estimate of drug-likeness (QED) is 0.708. The molecule has 2 aromatic rings. The zero-order valence-electron chi connectivity index (χ0n) is 18.5. The molecule has 3 amide bonds. The van der Waals surface area contributed by atoms with Crippen LogP contribution in [0.1, 0.15) is 13.3 Å². The van der Waals surface area contributed by atoms with Gasteiger partial charge in [-0.1, -0.05) is 43.3 Å². The first kappa shape index (κ1) is 22.2. The van der Waals surface area contributed by atoms with Crippen LogP contribution in [0.4, 0.5) is 5.69 Å². The Bertz CT molecular complexity index is 981. The minimum absolute atomic E-state index is 0.0651. The highest BCUT2D eigenvalue weighted by Gasteiger charge is 2.35. The van der Waals surface area contributed by atoms with Crippen molar-refractivity contribution in [3.8, 4) is 0 Å². The molecular weight excluding hydrogens is 406 g/mol. The van der Waals surface area contributed by atoms with Crippen LogP contribution >= 0.6 is 0 Å². The van der Waals surface area contributed by atoms with E-state index in [9.17, 15) is 14.4 Å². The molecule has 0 radical (unpaired) electrons. The molecule has 0 aromatic heterocycles. The predicted molar refractivity (Wildman–Crippen MR) is 124 cm³/mol. The zero-order valence-corrected chi connectivity index (χ0v) is 18.5. The van der Waals surface area contributed by atoms with Gasteiger partial charge in [0.25, 0.3) is 0 Å². The van der Waals surface area contributed by atoms with E-state index in [1.165, 1.54) is 0 Å². The molecule has 2 heterocycles. The molecular formula is C24H31N5O3. The van der Waals surface area contributed by atoms with E-state index in [-0.39, 0.29) is 30.7 Å². The number of carbonyl (C=O) groups excluding carboxylic acids is 3. The second-order valence-electron chi connectivity index (χ2n) is 8.38. The van der Waals surface area contributed by atoms with Gasteiger partial charge in [0.2, 0.25) is 17.7 Å². The van der Waals surface area contributed by atoms with Gasteiger partial charge in [-0.3, -0.25) is 19.3 Å². The van der Waals surface area contributed by atoms with Crippen LogP contribution in [0.3, 0.4) is 0 Å². The molecule has 1 atom stereocenters. The molecule has 8 heteroatoms. The van der Waals surface area contributed by atoms with Crippen molar-refractivity contribution in [1.82, 2.24) is 20.0 Å². The molecule has 2 saturated heterocycles. The first-order valence-corrected chi connectivity index (χ1v) is 11.3. The SMILES string of the molecule is CCN1CCN(CC(=O)N2CCNC(=O)[C@H]2CC(=O)Nc2cccc3ccccc23)CC1. The van der Waals surface area contributed by atoms with E-state index >= 15 is 0 Å². The van der Waals surface area contributed by atoms with Crippen molar-refractivity contribution in [2.45, 2.75) is 19.4 Å². The molecule has 2 N–H and O–H groups in total. The van der Waals surface area contributed by atoms with E-state index in [4.69, 9.17) is 0 Å². The zero-order chi connectivity index (χ0) is 22.5. The molecule has 32 heavy (non-hydrogen) atoms. The second-order valence-corrected chi connectivity index (χ2v) is 8.38. The van der Waals surface area contributed by atoms with Gasteiger partial charge < -0.3 is 20.4 Å². The Morgan fingerprint density at radius 3 is 2.50 bits per heavy atom. The summed E-state index contributed by atoms with van der Waals surface area (Å²) in [5.74, 6) is -0.640. The van der Waals surface area contributed by atoms with E-state index in [0.29, 0.717) is 18.8 Å². The monoisotopic (exact) mass is 437 g/mol. The summed E-state index contributed by atoms with van der Waals surface area (Å²) >= 11 is 0. The molecule has 0 bridgehead atoms. The Kier molecular flexibility index (Phi) is 7.02. The summed E-state index contributed by atoms with van der Waals surface area (Å²) in [5, 5.41) is 7.70. The number of nitrogens with zero attached hydrogens (tertiary/aromatic N) is 3. The average molecular weight is 438 g/mol. The number of benzene rings is 2. The summed E-state index contributed by atoms with van der Waals surface area (Å²) in [6.45, 7) is 7.84. The summed E-state index contributed by atoms with van der Waals surface area (Å²) in [6.07, 6.45) is -0.0651. The highest BCUT2D eigenvalue weighted by Crippen LogP contribution is 2.23. The third-order valence-electron chi connectivity index (χ3n) is 6.36. The lowest BCUT2D eigenvalue weighted by Crippen LogP contribution is -2.60. The van der Waals surface area contributed by atoms with Crippen LogP contribution in [0.25, 0.3) is 10.8 Å². The van der Waals surface area contributed by atoms with Crippen molar-refractivity contribution in [3.05, 3.63) is 42.5 Å². The van der Waals surface area contributed by atoms with Crippen molar-refractivity contribution in [2.75, 3.05) is 57.7 Å². The van der Waals surface area contributed by atoms with E-state index < -0.39 is 6.04 Å². The van der Waals surface area contributed by atoms with Gasteiger partial charge >= 0.3 is 0 Å². The number of rotatable bonds is 6. The second kappa shape index (κ2) is 10.1.